The van der Waals surface area contributed by atoms with Crippen LogP contribution in [0.4, 0.5) is 5.69 Å². The third-order valence-corrected chi connectivity index (χ3v) is 3.59. The van der Waals surface area contributed by atoms with Gasteiger partial charge in [0.15, 0.2) is 0 Å². The van der Waals surface area contributed by atoms with Gasteiger partial charge in [-0.25, -0.2) is 0 Å². The standard InChI is InChI=1S/C13H19NO3S/c1-9-4-3-5-10(2)13(9)14-12(17)8-18-7-11(16)6-15/h3-5,11,15-16H,6-8H2,1-2H3,(H,14,17). The van der Waals surface area contributed by atoms with Gasteiger partial charge in [-0.1, -0.05) is 18.2 Å². The maximum absolute atomic E-state index is 11.7. The summed E-state index contributed by atoms with van der Waals surface area (Å²) in [5.74, 6) is 0.532. The highest BCUT2D eigenvalue weighted by Crippen LogP contribution is 2.19. The predicted molar refractivity (Wildman–Crippen MR) is 75.0 cm³/mol. The summed E-state index contributed by atoms with van der Waals surface area (Å²) in [6.07, 6.45) is -0.761. The van der Waals surface area contributed by atoms with Gasteiger partial charge in [0.1, 0.15) is 0 Å². The van der Waals surface area contributed by atoms with Crippen molar-refractivity contribution in [3.05, 3.63) is 29.3 Å². The summed E-state index contributed by atoms with van der Waals surface area (Å²) in [7, 11) is 0. The first-order valence-corrected chi connectivity index (χ1v) is 6.92. The monoisotopic (exact) mass is 269 g/mol. The molecule has 0 aromatic heterocycles. The van der Waals surface area contributed by atoms with Crippen molar-refractivity contribution in [3.8, 4) is 0 Å². The number of benzene rings is 1. The third-order valence-electron chi connectivity index (χ3n) is 2.50. The molecule has 0 aliphatic rings. The molecule has 4 nitrogen and oxygen atoms in total. The van der Waals surface area contributed by atoms with E-state index in [0.717, 1.165) is 16.8 Å². The smallest absolute Gasteiger partial charge is 0.234 e. The van der Waals surface area contributed by atoms with E-state index in [1.165, 1.54) is 11.8 Å². The lowest BCUT2D eigenvalue weighted by Crippen LogP contribution is -2.19. The molecule has 1 rings (SSSR count). The average molecular weight is 269 g/mol. The molecule has 0 bridgehead atoms. The van der Waals surface area contributed by atoms with Gasteiger partial charge in [0.2, 0.25) is 5.91 Å². The van der Waals surface area contributed by atoms with E-state index in [1.807, 2.05) is 32.0 Å². The fraction of sp³-hybridized carbons (Fsp3) is 0.462. The minimum absolute atomic E-state index is 0.0949. The van der Waals surface area contributed by atoms with E-state index in [4.69, 9.17) is 10.2 Å². The van der Waals surface area contributed by atoms with Crippen LogP contribution in [0.3, 0.4) is 0 Å². The van der Waals surface area contributed by atoms with Crippen LogP contribution in [0.2, 0.25) is 0 Å². The normalized spacial score (nSPS) is 12.2. The number of hydrogen-bond acceptors (Lipinski definition) is 4. The zero-order chi connectivity index (χ0) is 13.5. The molecule has 5 heteroatoms. The second kappa shape index (κ2) is 7.41. The number of aryl methyl sites for hydroxylation is 2. The molecule has 3 N–H and O–H groups in total. The Kier molecular flexibility index (Phi) is 6.18. The summed E-state index contributed by atoms with van der Waals surface area (Å²) in [6.45, 7) is 3.63. The number of aliphatic hydroxyl groups is 2. The number of anilines is 1. The lowest BCUT2D eigenvalue weighted by Gasteiger charge is -2.11. The number of aliphatic hydroxyl groups excluding tert-OH is 2. The van der Waals surface area contributed by atoms with E-state index in [-0.39, 0.29) is 18.3 Å². The second-order valence-corrected chi connectivity index (χ2v) is 5.20. The van der Waals surface area contributed by atoms with Crippen molar-refractivity contribution in [3.63, 3.8) is 0 Å². The molecule has 1 unspecified atom stereocenters. The molecule has 0 radical (unpaired) electrons. The summed E-state index contributed by atoms with van der Waals surface area (Å²) in [5, 5.41) is 20.7. The Balaban J connectivity index is 2.45. The Morgan fingerprint density at radius 2 is 2.00 bits per heavy atom. The average Bonchev–Trinajstić information content (AvgIpc) is 2.34. The Bertz CT molecular complexity index is 389. The highest BCUT2D eigenvalue weighted by Gasteiger charge is 2.08. The zero-order valence-electron chi connectivity index (χ0n) is 10.6. The topological polar surface area (TPSA) is 69.6 Å². The van der Waals surface area contributed by atoms with Gasteiger partial charge in [-0.3, -0.25) is 4.79 Å². The zero-order valence-corrected chi connectivity index (χ0v) is 11.5. The van der Waals surface area contributed by atoms with Crippen molar-refractivity contribution in [1.29, 1.82) is 0 Å². The Morgan fingerprint density at radius 3 is 2.56 bits per heavy atom. The highest BCUT2D eigenvalue weighted by atomic mass is 32.2. The molecule has 0 heterocycles. The molecule has 0 saturated heterocycles. The SMILES string of the molecule is Cc1cccc(C)c1NC(=O)CSCC(O)CO. The first kappa shape index (κ1) is 15.0. The number of rotatable bonds is 6. The molecule has 0 fully saturated rings. The quantitative estimate of drug-likeness (QED) is 0.728. The fourth-order valence-electron chi connectivity index (χ4n) is 1.53. The van der Waals surface area contributed by atoms with Gasteiger partial charge < -0.3 is 15.5 Å². The first-order chi connectivity index (χ1) is 8.54. The molecular weight excluding hydrogens is 250 g/mol. The number of nitrogens with one attached hydrogen (secondary N) is 1. The molecule has 0 saturated carbocycles. The second-order valence-electron chi connectivity index (χ2n) is 4.17. The molecular formula is C13H19NO3S. The van der Waals surface area contributed by atoms with E-state index in [2.05, 4.69) is 5.32 Å². The van der Waals surface area contributed by atoms with E-state index >= 15 is 0 Å². The van der Waals surface area contributed by atoms with Crippen LogP contribution < -0.4 is 5.32 Å². The van der Waals surface area contributed by atoms with Crippen molar-refractivity contribution in [2.45, 2.75) is 20.0 Å². The predicted octanol–water partition coefficient (Wildman–Crippen LogP) is 1.33. The maximum Gasteiger partial charge on any atom is 0.234 e. The van der Waals surface area contributed by atoms with E-state index in [0.29, 0.717) is 5.75 Å². The summed E-state index contributed by atoms with van der Waals surface area (Å²) in [6, 6.07) is 5.85. The van der Waals surface area contributed by atoms with Crippen LogP contribution in [0.5, 0.6) is 0 Å². The molecule has 1 amide bonds. The minimum atomic E-state index is -0.761. The van der Waals surface area contributed by atoms with E-state index in [1.54, 1.807) is 0 Å². The van der Waals surface area contributed by atoms with E-state index < -0.39 is 6.10 Å². The number of carbonyl (C=O) groups excluding carboxylic acids is 1. The van der Waals surface area contributed by atoms with Crippen LogP contribution in [0.25, 0.3) is 0 Å². The largest absolute Gasteiger partial charge is 0.394 e. The first-order valence-electron chi connectivity index (χ1n) is 5.77. The number of amides is 1. The molecule has 1 aromatic rings. The van der Waals surface area contributed by atoms with Crippen LogP contribution in [0, 0.1) is 13.8 Å². The van der Waals surface area contributed by atoms with Gasteiger partial charge in [0.25, 0.3) is 0 Å². The van der Waals surface area contributed by atoms with Crippen LogP contribution in [-0.4, -0.2) is 40.3 Å². The van der Waals surface area contributed by atoms with Crippen molar-refractivity contribution in [2.24, 2.45) is 0 Å². The van der Waals surface area contributed by atoms with Gasteiger partial charge in [0, 0.05) is 11.4 Å². The van der Waals surface area contributed by atoms with Gasteiger partial charge in [-0.15, -0.1) is 11.8 Å². The Morgan fingerprint density at radius 1 is 1.39 bits per heavy atom. The van der Waals surface area contributed by atoms with Crippen LogP contribution in [0.15, 0.2) is 18.2 Å². The molecule has 0 spiro atoms. The lowest BCUT2D eigenvalue weighted by atomic mass is 10.1. The van der Waals surface area contributed by atoms with Crippen LogP contribution in [0.1, 0.15) is 11.1 Å². The van der Waals surface area contributed by atoms with Gasteiger partial charge in [-0.2, -0.15) is 0 Å². The molecule has 18 heavy (non-hydrogen) atoms. The number of carbonyl (C=O) groups is 1. The maximum atomic E-state index is 11.7. The number of para-hydroxylation sites is 1. The third kappa shape index (κ3) is 4.68. The summed E-state index contributed by atoms with van der Waals surface area (Å²) < 4.78 is 0. The van der Waals surface area contributed by atoms with Crippen molar-refractivity contribution in [2.75, 3.05) is 23.4 Å². The molecule has 100 valence electrons. The van der Waals surface area contributed by atoms with Crippen molar-refractivity contribution < 1.29 is 15.0 Å². The van der Waals surface area contributed by atoms with Crippen LogP contribution in [-0.2, 0) is 4.79 Å². The molecule has 1 atom stereocenters. The van der Waals surface area contributed by atoms with E-state index in [9.17, 15) is 4.79 Å². The molecule has 0 aliphatic carbocycles. The summed E-state index contributed by atoms with van der Waals surface area (Å²) in [5.41, 5.74) is 2.92. The Labute approximate surface area is 111 Å². The Hall–Kier alpha value is -1.04. The lowest BCUT2D eigenvalue weighted by molar-refractivity contribution is -0.113. The number of hydrogen-bond donors (Lipinski definition) is 3. The summed E-state index contributed by atoms with van der Waals surface area (Å²) in [4.78, 5) is 11.7. The highest BCUT2D eigenvalue weighted by molar-refractivity contribution is 8.00. The minimum Gasteiger partial charge on any atom is -0.394 e. The molecule has 1 aromatic carbocycles. The van der Waals surface area contributed by atoms with Crippen LogP contribution >= 0.6 is 11.8 Å². The van der Waals surface area contributed by atoms with Crippen molar-refractivity contribution >= 4 is 23.4 Å². The number of thioether (sulfide) groups is 1. The summed E-state index contributed by atoms with van der Waals surface area (Å²) >= 11 is 1.30. The van der Waals surface area contributed by atoms with Gasteiger partial charge >= 0.3 is 0 Å². The molecule has 0 aliphatic heterocycles. The fourth-order valence-corrected chi connectivity index (χ4v) is 2.28. The van der Waals surface area contributed by atoms with Gasteiger partial charge in [-0.05, 0) is 25.0 Å². The van der Waals surface area contributed by atoms with Crippen molar-refractivity contribution in [1.82, 2.24) is 0 Å². The van der Waals surface area contributed by atoms with Gasteiger partial charge in [0.05, 0.1) is 18.5 Å².